The van der Waals surface area contributed by atoms with Crippen molar-refractivity contribution in [2.24, 2.45) is 0 Å². The van der Waals surface area contributed by atoms with Crippen molar-refractivity contribution in [2.45, 2.75) is 6.92 Å². The number of rotatable bonds is 7. The molecule has 0 aliphatic carbocycles. The summed E-state index contributed by atoms with van der Waals surface area (Å²) < 4.78 is 36.2. The SMILES string of the molecule is Cc1ccc(C(=O)NCCS(=O)(=O)N2CCOCC2)cc1NC(=O)c1ccco1. The molecule has 9 nitrogen and oxygen atoms in total. The summed E-state index contributed by atoms with van der Waals surface area (Å²) in [6.45, 7) is 3.19. The Morgan fingerprint density at radius 2 is 1.90 bits per heavy atom. The second-order valence-electron chi connectivity index (χ2n) is 6.54. The van der Waals surface area contributed by atoms with Crippen LogP contribution >= 0.6 is 0 Å². The minimum Gasteiger partial charge on any atom is -0.459 e. The Bertz CT molecular complexity index is 966. The van der Waals surface area contributed by atoms with Crippen molar-refractivity contribution >= 4 is 27.5 Å². The Balaban J connectivity index is 1.58. The molecule has 156 valence electrons. The first-order valence-corrected chi connectivity index (χ1v) is 10.8. The first kappa shape index (κ1) is 21.0. The maximum atomic E-state index is 12.4. The lowest BCUT2D eigenvalue weighted by Crippen LogP contribution is -2.43. The van der Waals surface area contributed by atoms with Gasteiger partial charge in [-0.05, 0) is 36.8 Å². The number of hydrogen-bond donors (Lipinski definition) is 2. The number of anilines is 1. The molecule has 1 aliphatic rings. The first-order chi connectivity index (χ1) is 13.9. The number of nitrogens with zero attached hydrogens (tertiary/aromatic N) is 1. The quantitative estimate of drug-likeness (QED) is 0.694. The van der Waals surface area contributed by atoms with E-state index < -0.39 is 21.8 Å². The third-order valence-electron chi connectivity index (χ3n) is 4.50. The van der Waals surface area contributed by atoms with Crippen LogP contribution < -0.4 is 10.6 Å². The highest BCUT2D eigenvalue weighted by Crippen LogP contribution is 2.18. The summed E-state index contributed by atoms with van der Waals surface area (Å²) in [6, 6.07) is 8.01. The number of nitrogens with one attached hydrogen (secondary N) is 2. The molecule has 2 amide bonds. The van der Waals surface area contributed by atoms with E-state index in [1.54, 1.807) is 31.2 Å². The Labute approximate surface area is 169 Å². The molecule has 1 saturated heterocycles. The molecule has 2 N–H and O–H groups in total. The van der Waals surface area contributed by atoms with Crippen molar-refractivity contribution < 1.29 is 27.2 Å². The van der Waals surface area contributed by atoms with Gasteiger partial charge in [0.25, 0.3) is 11.8 Å². The van der Waals surface area contributed by atoms with Crippen molar-refractivity contribution in [3.8, 4) is 0 Å². The van der Waals surface area contributed by atoms with Crippen LogP contribution in [-0.2, 0) is 14.8 Å². The topological polar surface area (TPSA) is 118 Å². The number of carbonyl (C=O) groups excluding carboxylic acids is 2. The van der Waals surface area contributed by atoms with Crippen LogP contribution in [0.3, 0.4) is 0 Å². The van der Waals surface area contributed by atoms with Crippen LogP contribution in [0, 0.1) is 6.92 Å². The number of hydrogen-bond acceptors (Lipinski definition) is 6. The zero-order valence-corrected chi connectivity index (χ0v) is 16.8. The van der Waals surface area contributed by atoms with E-state index in [1.165, 1.54) is 16.6 Å². The third-order valence-corrected chi connectivity index (χ3v) is 6.37. The van der Waals surface area contributed by atoms with Gasteiger partial charge >= 0.3 is 0 Å². The fraction of sp³-hybridized carbons (Fsp3) is 0.368. The Hall–Kier alpha value is -2.69. The molecule has 29 heavy (non-hydrogen) atoms. The van der Waals surface area contributed by atoms with Crippen LogP contribution in [0.4, 0.5) is 5.69 Å². The van der Waals surface area contributed by atoms with Gasteiger partial charge in [0.05, 0.1) is 25.2 Å². The van der Waals surface area contributed by atoms with E-state index in [1.807, 2.05) is 0 Å². The van der Waals surface area contributed by atoms with Gasteiger partial charge in [0.1, 0.15) is 0 Å². The predicted molar refractivity (Wildman–Crippen MR) is 106 cm³/mol. The molecular formula is C19H23N3O6S. The molecule has 0 radical (unpaired) electrons. The van der Waals surface area contributed by atoms with Crippen LogP contribution in [0.5, 0.6) is 0 Å². The normalized spacial score (nSPS) is 15.1. The van der Waals surface area contributed by atoms with Crippen molar-refractivity contribution in [1.29, 1.82) is 0 Å². The zero-order chi connectivity index (χ0) is 20.9. The average Bonchev–Trinajstić information content (AvgIpc) is 3.25. The Morgan fingerprint density at radius 1 is 1.14 bits per heavy atom. The van der Waals surface area contributed by atoms with Crippen LogP contribution in [-0.4, -0.2) is 63.1 Å². The number of benzene rings is 1. The molecule has 1 aliphatic heterocycles. The Morgan fingerprint density at radius 3 is 2.59 bits per heavy atom. The standard InChI is InChI=1S/C19H23N3O6S/c1-14-4-5-15(13-16(14)21-19(24)17-3-2-9-28-17)18(23)20-6-12-29(25,26)22-7-10-27-11-8-22/h2-5,9,13H,6-8,10-12H2,1H3,(H,20,23)(H,21,24). The number of morpholine rings is 1. The maximum Gasteiger partial charge on any atom is 0.291 e. The molecule has 1 aromatic heterocycles. The van der Waals surface area contributed by atoms with Gasteiger partial charge in [-0.2, -0.15) is 4.31 Å². The second kappa shape index (κ2) is 9.21. The highest BCUT2D eigenvalue weighted by Gasteiger charge is 2.24. The minimum absolute atomic E-state index is 0.0134. The smallest absolute Gasteiger partial charge is 0.291 e. The molecule has 2 heterocycles. The van der Waals surface area contributed by atoms with E-state index in [0.717, 1.165) is 5.56 Å². The highest BCUT2D eigenvalue weighted by molar-refractivity contribution is 7.89. The summed E-state index contributed by atoms with van der Waals surface area (Å²) >= 11 is 0. The van der Waals surface area contributed by atoms with Crippen molar-refractivity contribution in [3.05, 3.63) is 53.5 Å². The van der Waals surface area contributed by atoms with Gasteiger partial charge in [-0.3, -0.25) is 9.59 Å². The lowest BCUT2D eigenvalue weighted by Gasteiger charge is -2.26. The number of furan rings is 1. The van der Waals surface area contributed by atoms with E-state index in [-0.39, 0.29) is 18.1 Å². The van der Waals surface area contributed by atoms with Crippen LogP contribution in [0.1, 0.15) is 26.5 Å². The summed E-state index contributed by atoms with van der Waals surface area (Å²) in [4.78, 5) is 24.6. The summed E-state index contributed by atoms with van der Waals surface area (Å²) in [7, 11) is -3.45. The second-order valence-corrected chi connectivity index (χ2v) is 8.63. The van der Waals surface area contributed by atoms with Gasteiger partial charge in [-0.15, -0.1) is 0 Å². The summed E-state index contributed by atoms with van der Waals surface area (Å²) in [5, 5.41) is 5.32. The van der Waals surface area contributed by atoms with Crippen LogP contribution in [0.2, 0.25) is 0 Å². The molecule has 0 atom stereocenters. The van der Waals surface area contributed by atoms with Crippen molar-refractivity contribution in [2.75, 3.05) is 43.9 Å². The number of ether oxygens (including phenoxy) is 1. The molecule has 3 rings (SSSR count). The molecule has 0 spiro atoms. The van der Waals surface area contributed by atoms with Gasteiger partial charge in [-0.1, -0.05) is 6.07 Å². The summed E-state index contributed by atoms with van der Waals surface area (Å²) in [6.07, 6.45) is 1.40. The number of sulfonamides is 1. The van der Waals surface area contributed by atoms with Crippen LogP contribution in [0.25, 0.3) is 0 Å². The first-order valence-electron chi connectivity index (χ1n) is 9.16. The van der Waals surface area contributed by atoms with Gasteiger partial charge < -0.3 is 19.8 Å². The molecule has 1 aromatic carbocycles. The van der Waals surface area contributed by atoms with E-state index in [2.05, 4.69) is 10.6 Å². The summed E-state index contributed by atoms with van der Waals surface area (Å²) in [5.41, 5.74) is 1.56. The monoisotopic (exact) mass is 421 g/mol. The predicted octanol–water partition coefficient (Wildman–Crippen LogP) is 1.23. The molecule has 10 heteroatoms. The van der Waals surface area contributed by atoms with Crippen LogP contribution in [0.15, 0.2) is 41.0 Å². The lowest BCUT2D eigenvalue weighted by molar-refractivity contribution is 0.0730. The molecular weight excluding hydrogens is 398 g/mol. The van der Waals surface area contributed by atoms with E-state index >= 15 is 0 Å². The third kappa shape index (κ3) is 5.43. The van der Waals surface area contributed by atoms with Gasteiger partial charge in [0.15, 0.2) is 5.76 Å². The minimum atomic E-state index is -3.45. The fourth-order valence-electron chi connectivity index (χ4n) is 2.84. The highest BCUT2D eigenvalue weighted by atomic mass is 32.2. The van der Waals surface area contributed by atoms with Crippen molar-refractivity contribution in [3.63, 3.8) is 0 Å². The number of carbonyl (C=O) groups is 2. The molecule has 0 bridgehead atoms. The van der Waals surface area contributed by atoms with Crippen molar-refractivity contribution in [1.82, 2.24) is 9.62 Å². The molecule has 2 aromatic rings. The molecule has 0 unspecified atom stereocenters. The molecule has 0 saturated carbocycles. The Kier molecular flexibility index (Phi) is 6.68. The average molecular weight is 421 g/mol. The van der Waals surface area contributed by atoms with Gasteiger partial charge in [0.2, 0.25) is 10.0 Å². The number of amides is 2. The van der Waals surface area contributed by atoms with E-state index in [0.29, 0.717) is 37.6 Å². The maximum absolute atomic E-state index is 12.4. The largest absolute Gasteiger partial charge is 0.459 e. The lowest BCUT2D eigenvalue weighted by atomic mass is 10.1. The van der Waals surface area contributed by atoms with E-state index in [4.69, 9.17) is 9.15 Å². The number of aryl methyl sites for hydroxylation is 1. The molecule has 1 fully saturated rings. The van der Waals surface area contributed by atoms with Gasteiger partial charge in [0, 0.05) is 30.9 Å². The summed E-state index contributed by atoms with van der Waals surface area (Å²) in [5.74, 6) is -0.873. The van der Waals surface area contributed by atoms with Gasteiger partial charge in [-0.25, -0.2) is 8.42 Å². The fourth-order valence-corrected chi connectivity index (χ4v) is 4.16. The van der Waals surface area contributed by atoms with E-state index in [9.17, 15) is 18.0 Å². The zero-order valence-electron chi connectivity index (χ0n) is 16.0.